The highest BCUT2D eigenvalue weighted by Gasteiger charge is 2.22. The van der Waals surface area contributed by atoms with E-state index < -0.39 is 6.10 Å². The molecule has 0 heterocycles. The SMILES string of the molecule is CCN(CC(=O)Nc1cccc(OC)c1)C(=O)C(C)OCCC(C)C. The van der Waals surface area contributed by atoms with Crippen LogP contribution in [0.4, 0.5) is 5.69 Å². The zero-order valence-electron chi connectivity index (χ0n) is 15.9. The van der Waals surface area contributed by atoms with Crippen LogP contribution in [0.15, 0.2) is 24.3 Å². The van der Waals surface area contributed by atoms with E-state index >= 15 is 0 Å². The Labute approximate surface area is 150 Å². The summed E-state index contributed by atoms with van der Waals surface area (Å²) < 4.78 is 10.7. The molecule has 6 nitrogen and oxygen atoms in total. The van der Waals surface area contributed by atoms with Gasteiger partial charge in [-0.25, -0.2) is 0 Å². The molecule has 0 aliphatic rings. The van der Waals surface area contributed by atoms with Crippen molar-refractivity contribution in [3.05, 3.63) is 24.3 Å². The van der Waals surface area contributed by atoms with Crippen molar-refractivity contribution in [3.8, 4) is 5.75 Å². The number of hydrogen-bond donors (Lipinski definition) is 1. The van der Waals surface area contributed by atoms with Crippen molar-refractivity contribution in [1.29, 1.82) is 0 Å². The highest BCUT2D eigenvalue weighted by Crippen LogP contribution is 2.16. The van der Waals surface area contributed by atoms with Crippen molar-refractivity contribution in [2.45, 2.75) is 40.2 Å². The van der Waals surface area contributed by atoms with Crippen LogP contribution in [0.1, 0.15) is 34.1 Å². The zero-order chi connectivity index (χ0) is 18.8. The van der Waals surface area contributed by atoms with Gasteiger partial charge in [-0.15, -0.1) is 0 Å². The van der Waals surface area contributed by atoms with Gasteiger partial charge in [-0.3, -0.25) is 9.59 Å². The highest BCUT2D eigenvalue weighted by molar-refractivity contribution is 5.95. The maximum Gasteiger partial charge on any atom is 0.251 e. The number of hydrogen-bond acceptors (Lipinski definition) is 4. The Morgan fingerprint density at radius 2 is 1.96 bits per heavy atom. The monoisotopic (exact) mass is 350 g/mol. The van der Waals surface area contributed by atoms with Crippen LogP contribution in [-0.4, -0.2) is 49.6 Å². The van der Waals surface area contributed by atoms with Crippen LogP contribution < -0.4 is 10.1 Å². The van der Waals surface area contributed by atoms with E-state index in [0.29, 0.717) is 30.5 Å². The lowest BCUT2D eigenvalue weighted by Crippen LogP contribution is -2.43. The third-order valence-electron chi connectivity index (χ3n) is 3.79. The number of benzene rings is 1. The van der Waals surface area contributed by atoms with Gasteiger partial charge in [0.05, 0.1) is 13.7 Å². The Hall–Kier alpha value is -2.08. The number of likely N-dealkylation sites (N-methyl/N-ethyl adjacent to an activating group) is 1. The minimum absolute atomic E-state index is 0.00950. The molecule has 1 unspecified atom stereocenters. The van der Waals surface area contributed by atoms with E-state index in [1.54, 1.807) is 38.3 Å². The van der Waals surface area contributed by atoms with Crippen molar-refractivity contribution in [2.24, 2.45) is 5.92 Å². The fraction of sp³-hybridized carbons (Fsp3) is 0.579. The number of rotatable bonds is 10. The first-order chi connectivity index (χ1) is 11.9. The molecule has 1 rings (SSSR count). The molecule has 0 fully saturated rings. The number of carbonyl (C=O) groups excluding carboxylic acids is 2. The highest BCUT2D eigenvalue weighted by atomic mass is 16.5. The smallest absolute Gasteiger partial charge is 0.251 e. The van der Waals surface area contributed by atoms with E-state index in [4.69, 9.17) is 9.47 Å². The summed E-state index contributed by atoms with van der Waals surface area (Å²) >= 11 is 0. The van der Waals surface area contributed by atoms with Gasteiger partial charge in [0.25, 0.3) is 5.91 Å². The molecule has 1 N–H and O–H groups in total. The molecule has 0 spiro atoms. The Morgan fingerprint density at radius 3 is 2.56 bits per heavy atom. The lowest BCUT2D eigenvalue weighted by atomic mass is 10.1. The fourth-order valence-corrected chi connectivity index (χ4v) is 2.23. The first kappa shape index (κ1) is 21.0. The van der Waals surface area contributed by atoms with E-state index in [9.17, 15) is 9.59 Å². The van der Waals surface area contributed by atoms with E-state index in [2.05, 4.69) is 19.2 Å². The predicted molar refractivity (Wildman–Crippen MR) is 98.7 cm³/mol. The molecule has 0 aromatic heterocycles. The number of nitrogens with one attached hydrogen (secondary N) is 1. The normalized spacial score (nSPS) is 11.9. The molecule has 25 heavy (non-hydrogen) atoms. The molecule has 0 bridgehead atoms. The van der Waals surface area contributed by atoms with Crippen LogP contribution in [0.3, 0.4) is 0 Å². The molecule has 0 saturated carbocycles. The van der Waals surface area contributed by atoms with Crippen molar-refractivity contribution < 1.29 is 19.1 Å². The van der Waals surface area contributed by atoms with Gasteiger partial charge in [-0.05, 0) is 38.3 Å². The summed E-state index contributed by atoms with van der Waals surface area (Å²) in [4.78, 5) is 26.2. The van der Waals surface area contributed by atoms with Crippen molar-refractivity contribution in [3.63, 3.8) is 0 Å². The summed E-state index contributed by atoms with van der Waals surface area (Å²) in [6, 6.07) is 7.10. The number of ether oxygens (including phenoxy) is 2. The third-order valence-corrected chi connectivity index (χ3v) is 3.79. The molecule has 140 valence electrons. The summed E-state index contributed by atoms with van der Waals surface area (Å²) in [7, 11) is 1.57. The van der Waals surface area contributed by atoms with Gasteiger partial charge in [0.1, 0.15) is 11.9 Å². The lowest BCUT2D eigenvalue weighted by molar-refractivity contribution is -0.144. The molecule has 1 aromatic rings. The summed E-state index contributed by atoms with van der Waals surface area (Å²) in [5.41, 5.74) is 0.633. The Morgan fingerprint density at radius 1 is 1.24 bits per heavy atom. The molecule has 0 aliphatic carbocycles. The van der Waals surface area contributed by atoms with Crippen LogP contribution in [0.2, 0.25) is 0 Å². The second kappa shape index (κ2) is 10.7. The molecule has 0 radical (unpaired) electrons. The summed E-state index contributed by atoms with van der Waals surface area (Å²) in [6.45, 7) is 8.77. The van der Waals surface area contributed by atoms with E-state index in [1.807, 2.05) is 6.92 Å². The van der Waals surface area contributed by atoms with Crippen LogP contribution in [0.5, 0.6) is 5.75 Å². The van der Waals surface area contributed by atoms with Crippen LogP contribution >= 0.6 is 0 Å². The van der Waals surface area contributed by atoms with Crippen molar-refractivity contribution in [1.82, 2.24) is 4.90 Å². The second-order valence-electron chi connectivity index (χ2n) is 6.33. The predicted octanol–water partition coefficient (Wildman–Crippen LogP) is 2.93. The van der Waals surface area contributed by atoms with E-state index in [0.717, 1.165) is 6.42 Å². The van der Waals surface area contributed by atoms with Gasteiger partial charge < -0.3 is 19.7 Å². The van der Waals surface area contributed by atoms with Crippen molar-refractivity contribution >= 4 is 17.5 Å². The minimum Gasteiger partial charge on any atom is -0.497 e. The van der Waals surface area contributed by atoms with Crippen molar-refractivity contribution in [2.75, 3.05) is 32.1 Å². The van der Waals surface area contributed by atoms with Crippen LogP contribution in [0.25, 0.3) is 0 Å². The Balaban J connectivity index is 2.55. The molecule has 2 amide bonds. The summed E-state index contributed by atoms with van der Waals surface area (Å²) in [5, 5.41) is 2.78. The maximum atomic E-state index is 12.4. The van der Waals surface area contributed by atoms with Gasteiger partial charge in [0.2, 0.25) is 5.91 Å². The number of amides is 2. The van der Waals surface area contributed by atoms with Crippen LogP contribution in [-0.2, 0) is 14.3 Å². The number of anilines is 1. The summed E-state index contributed by atoms with van der Waals surface area (Å²) in [6.07, 6.45) is 0.350. The van der Waals surface area contributed by atoms with E-state index in [1.165, 1.54) is 4.90 Å². The largest absolute Gasteiger partial charge is 0.497 e. The molecule has 1 aromatic carbocycles. The van der Waals surface area contributed by atoms with Gasteiger partial charge in [0.15, 0.2) is 0 Å². The zero-order valence-corrected chi connectivity index (χ0v) is 15.9. The third kappa shape index (κ3) is 7.56. The quantitative estimate of drug-likeness (QED) is 0.704. The standard InChI is InChI=1S/C19H30N2O4/c1-6-21(19(23)15(4)25-11-10-14(2)3)13-18(22)20-16-8-7-9-17(12-16)24-5/h7-9,12,14-15H,6,10-11,13H2,1-5H3,(H,20,22). The maximum absolute atomic E-state index is 12.4. The molecule has 0 aliphatic heterocycles. The van der Waals surface area contributed by atoms with E-state index in [-0.39, 0.29) is 18.4 Å². The Kier molecular flexibility index (Phi) is 8.99. The molecular weight excluding hydrogens is 320 g/mol. The molecule has 1 atom stereocenters. The van der Waals surface area contributed by atoms with Gasteiger partial charge in [0, 0.05) is 24.9 Å². The molecule has 6 heteroatoms. The first-order valence-electron chi connectivity index (χ1n) is 8.71. The van der Waals surface area contributed by atoms with Gasteiger partial charge >= 0.3 is 0 Å². The number of carbonyl (C=O) groups is 2. The van der Waals surface area contributed by atoms with Gasteiger partial charge in [-0.2, -0.15) is 0 Å². The first-order valence-corrected chi connectivity index (χ1v) is 8.71. The average molecular weight is 350 g/mol. The lowest BCUT2D eigenvalue weighted by Gasteiger charge is -2.24. The van der Waals surface area contributed by atoms with Gasteiger partial charge in [-0.1, -0.05) is 19.9 Å². The number of nitrogens with zero attached hydrogens (tertiary/aromatic N) is 1. The minimum atomic E-state index is -0.552. The topological polar surface area (TPSA) is 67.9 Å². The molecular formula is C19H30N2O4. The Bertz CT molecular complexity index is 560. The fourth-order valence-electron chi connectivity index (χ4n) is 2.23. The second-order valence-corrected chi connectivity index (χ2v) is 6.33. The number of methoxy groups -OCH3 is 1. The van der Waals surface area contributed by atoms with Crippen LogP contribution in [0, 0.1) is 5.92 Å². The average Bonchev–Trinajstić information content (AvgIpc) is 2.58. The molecule has 0 saturated heterocycles. The summed E-state index contributed by atoms with van der Waals surface area (Å²) in [5.74, 6) is 0.761.